The van der Waals surface area contributed by atoms with Crippen LogP contribution >= 0.6 is 15.9 Å². The van der Waals surface area contributed by atoms with Crippen molar-refractivity contribution in [3.05, 3.63) is 39.9 Å². The van der Waals surface area contributed by atoms with Crippen LogP contribution in [0.2, 0.25) is 0 Å². The third kappa shape index (κ3) is 1.93. The Balaban J connectivity index is 2.61. The quantitative estimate of drug-likeness (QED) is 0.872. The van der Waals surface area contributed by atoms with Crippen LogP contribution in [0.4, 0.5) is 5.82 Å². The number of nitrogens with two attached hydrogens (primary N) is 1. The summed E-state index contributed by atoms with van der Waals surface area (Å²) in [6.07, 6.45) is 0. The molecule has 16 heavy (non-hydrogen) atoms. The minimum atomic E-state index is 0.497. The fourth-order valence-electron chi connectivity index (χ4n) is 1.53. The SMILES string of the molecule is Cc1c(N)nnc(-c2cccc(Br)c2)c1C. The van der Waals surface area contributed by atoms with Gasteiger partial charge in [-0.05, 0) is 37.1 Å². The molecule has 0 bridgehead atoms. The summed E-state index contributed by atoms with van der Waals surface area (Å²) in [5, 5.41) is 8.11. The average molecular weight is 278 g/mol. The highest BCUT2D eigenvalue weighted by atomic mass is 79.9. The summed E-state index contributed by atoms with van der Waals surface area (Å²) in [6.45, 7) is 3.97. The Morgan fingerprint density at radius 2 is 1.88 bits per heavy atom. The zero-order valence-corrected chi connectivity index (χ0v) is 10.7. The molecule has 82 valence electrons. The van der Waals surface area contributed by atoms with Gasteiger partial charge in [-0.25, -0.2) is 0 Å². The van der Waals surface area contributed by atoms with Crippen molar-refractivity contribution in [1.82, 2.24) is 10.2 Å². The maximum Gasteiger partial charge on any atom is 0.149 e. The van der Waals surface area contributed by atoms with Crippen LogP contribution in [0, 0.1) is 13.8 Å². The molecule has 1 aromatic carbocycles. The van der Waals surface area contributed by atoms with E-state index in [-0.39, 0.29) is 0 Å². The molecule has 2 aromatic rings. The Morgan fingerprint density at radius 1 is 1.12 bits per heavy atom. The van der Waals surface area contributed by atoms with Crippen molar-refractivity contribution in [2.24, 2.45) is 0 Å². The van der Waals surface area contributed by atoms with Crippen molar-refractivity contribution in [2.75, 3.05) is 5.73 Å². The molecular formula is C12H12BrN3. The van der Waals surface area contributed by atoms with E-state index in [0.717, 1.165) is 26.9 Å². The summed E-state index contributed by atoms with van der Waals surface area (Å²) >= 11 is 3.44. The predicted octanol–water partition coefficient (Wildman–Crippen LogP) is 3.11. The van der Waals surface area contributed by atoms with Crippen LogP contribution in [0.15, 0.2) is 28.7 Å². The normalized spacial score (nSPS) is 10.4. The molecule has 3 nitrogen and oxygen atoms in total. The molecule has 0 atom stereocenters. The summed E-state index contributed by atoms with van der Waals surface area (Å²) in [5.74, 6) is 0.497. The van der Waals surface area contributed by atoms with E-state index < -0.39 is 0 Å². The number of anilines is 1. The van der Waals surface area contributed by atoms with Gasteiger partial charge in [0.25, 0.3) is 0 Å². The number of hydrogen-bond donors (Lipinski definition) is 1. The largest absolute Gasteiger partial charge is 0.382 e. The van der Waals surface area contributed by atoms with E-state index >= 15 is 0 Å². The van der Waals surface area contributed by atoms with Gasteiger partial charge in [-0.2, -0.15) is 0 Å². The molecule has 0 saturated carbocycles. The average Bonchev–Trinajstić information content (AvgIpc) is 2.26. The number of nitrogen functional groups attached to an aromatic ring is 1. The predicted molar refractivity (Wildman–Crippen MR) is 69.1 cm³/mol. The smallest absolute Gasteiger partial charge is 0.149 e. The molecule has 0 aliphatic rings. The lowest BCUT2D eigenvalue weighted by molar-refractivity contribution is 1.01. The fraction of sp³-hybridized carbons (Fsp3) is 0.167. The lowest BCUT2D eigenvalue weighted by atomic mass is 10.0. The van der Waals surface area contributed by atoms with E-state index in [1.165, 1.54) is 0 Å². The van der Waals surface area contributed by atoms with Gasteiger partial charge in [-0.3, -0.25) is 0 Å². The van der Waals surface area contributed by atoms with Crippen LogP contribution in [0.1, 0.15) is 11.1 Å². The molecule has 0 amide bonds. The van der Waals surface area contributed by atoms with Crippen LogP contribution in [-0.2, 0) is 0 Å². The Bertz CT molecular complexity index is 538. The van der Waals surface area contributed by atoms with Gasteiger partial charge >= 0.3 is 0 Å². The fourth-order valence-corrected chi connectivity index (χ4v) is 1.93. The highest BCUT2D eigenvalue weighted by molar-refractivity contribution is 9.10. The summed E-state index contributed by atoms with van der Waals surface area (Å²) in [7, 11) is 0. The van der Waals surface area contributed by atoms with Crippen molar-refractivity contribution < 1.29 is 0 Å². The minimum Gasteiger partial charge on any atom is -0.382 e. The van der Waals surface area contributed by atoms with Gasteiger partial charge < -0.3 is 5.73 Å². The Hall–Kier alpha value is -1.42. The monoisotopic (exact) mass is 277 g/mol. The van der Waals surface area contributed by atoms with Gasteiger partial charge in [-0.1, -0.05) is 28.1 Å². The summed E-state index contributed by atoms with van der Waals surface area (Å²) in [5.41, 5.74) is 9.71. The first-order chi connectivity index (χ1) is 7.59. The van der Waals surface area contributed by atoms with Crippen molar-refractivity contribution >= 4 is 21.7 Å². The molecule has 0 saturated heterocycles. The molecule has 0 fully saturated rings. The first-order valence-corrected chi connectivity index (χ1v) is 5.74. The lowest BCUT2D eigenvalue weighted by Gasteiger charge is -2.08. The number of hydrogen-bond acceptors (Lipinski definition) is 3. The summed E-state index contributed by atoms with van der Waals surface area (Å²) < 4.78 is 1.03. The van der Waals surface area contributed by atoms with E-state index in [9.17, 15) is 0 Å². The number of nitrogens with zero attached hydrogens (tertiary/aromatic N) is 2. The van der Waals surface area contributed by atoms with E-state index in [1.807, 2.05) is 38.1 Å². The molecular weight excluding hydrogens is 266 g/mol. The standard InChI is InChI=1S/C12H12BrN3/c1-7-8(2)12(14)16-15-11(7)9-4-3-5-10(13)6-9/h3-6H,1-2H3,(H2,14,16). The maximum absolute atomic E-state index is 5.71. The highest BCUT2D eigenvalue weighted by Gasteiger charge is 2.09. The van der Waals surface area contributed by atoms with Gasteiger partial charge in [0, 0.05) is 10.0 Å². The first-order valence-electron chi connectivity index (χ1n) is 4.95. The van der Waals surface area contributed by atoms with E-state index in [4.69, 9.17) is 5.73 Å². The molecule has 0 unspecified atom stereocenters. The Labute approximate surface area is 103 Å². The van der Waals surface area contributed by atoms with Crippen LogP contribution in [0.3, 0.4) is 0 Å². The van der Waals surface area contributed by atoms with Crippen LogP contribution < -0.4 is 5.73 Å². The zero-order chi connectivity index (χ0) is 11.7. The number of benzene rings is 1. The number of aromatic nitrogens is 2. The molecule has 0 aliphatic heterocycles. The molecule has 2 N–H and O–H groups in total. The number of halogens is 1. The third-order valence-corrected chi connectivity index (χ3v) is 3.15. The van der Waals surface area contributed by atoms with Crippen LogP contribution in [0.25, 0.3) is 11.3 Å². The van der Waals surface area contributed by atoms with Gasteiger partial charge in [-0.15, -0.1) is 10.2 Å². The highest BCUT2D eigenvalue weighted by Crippen LogP contribution is 2.26. The lowest BCUT2D eigenvalue weighted by Crippen LogP contribution is -2.01. The van der Waals surface area contributed by atoms with Gasteiger partial charge in [0.2, 0.25) is 0 Å². The summed E-state index contributed by atoms with van der Waals surface area (Å²) in [6, 6.07) is 7.99. The van der Waals surface area contributed by atoms with Gasteiger partial charge in [0.05, 0.1) is 5.69 Å². The third-order valence-electron chi connectivity index (χ3n) is 2.66. The second kappa shape index (κ2) is 4.22. The Morgan fingerprint density at radius 3 is 2.56 bits per heavy atom. The van der Waals surface area contributed by atoms with Gasteiger partial charge in [0.15, 0.2) is 0 Å². The molecule has 0 radical (unpaired) electrons. The molecule has 2 rings (SSSR count). The van der Waals surface area contributed by atoms with Crippen LogP contribution in [-0.4, -0.2) is 10.2 Å². The molecule has 1 heterocycles. The van der Waals surface area contributed by atoms with E-state index in [0.29, 0.717) is 5.82 Å². The second-order valence-electron chi connectivity index (χ2n) is 3.69. The minimum absolute atomic E-state index is 0.497. The summed E-state index contributed by atoms with van der Waals surface area (Å²) in [4.78, 5) is 0. The second-order valence-corrected chi connectivity index (χ2v) is 4.61. The van der Waals surface area contributed by atoms with Gasteiger partial charge in [0.1, 0.15) is 5.82 Å². The zero-order valence-electron chi connectivity index (χ0n) is 9.16. The first kappa shape index (κ1) is 11.1. The van der Waals surface area contributed by atoms with Crippen LogP contribution in [0.5, 0.6) is 0 Å². The van der Waals surface area contributed by atoms with Crippen molar-refractivity contribution in [3.63, 3.8) is 0 Å². The Kier molecular flexibility index (Phi) is 2.92. The molecule has 0 spiro atoms. The number of rotatable bonds is 1. The van der Waals surface area contributed by atoms with Crippen molar-refractivity contribution in [2.45, 2.75) is 13.8 Å². The van der Waals surface area contributed by atoms with E-state index in [1.54, 1.807) is 0 Å². The van der Waals surface area contributed by atoms with Crippen molar-refractivity contribution in [3.8, 4) is 11.3 Å². The molecule has 1 aromatic heterocycles. The molecule has 4 heteroatoms. The molecule has 0 aliphatic carbocycles. The van der Waals surface area contributed by atoms with E-state index in [2.05, 4.69) is 26.1 Å². The van der Waals surface area contributed by atoms with Crippen molar-refractivity contribution in [1.29, 1.82) is 0 Å². The maximum atomic E-state index is 5.71. The topological polar surface area (TPSA) is 51.8 Å².